The molecule has 1 aromatic heterocycles. The van der Waals surface area contributed by atoms with Crippen LogP contribution in [-0.4, -0.2) is 6.54 Å². The van der Waals surface area contributed by atoms with Crippen LogP contribution >= 0.6 is 33.9 Å². The van der Waals surface area contributed by atoms with E-state index in [0.717, 1.165) is 6.54 Å². The highest BCUT2D eigenvalue weighted by Crippen LogP contribution is 2.26. The smallest absolute Gasteiger partial charge is 0.0656 e. The van der Waals surface area contributed by atoms with E-state index in [9.17, 15) is 0 Å². The summed E-state index contributed by atoms with van der Waals surface area (Å²) in [5, 5.41) is 6.03. The topological polar surface area (TPSA) is 12.0 Å². The molecule has 0 bridgehead atoms. The second kappa shape index (κ2) is 11.1. The SMILES string of the molecule is CCCCCCCCC(NCCC)c1csc(I)c1. The van der Waals surface area contributed by atoms with Gasteiger partial charge in [-0.15, -0.1) is 11.3 Å². The van der Waals surface area contributed by atoms with Crippen molar-refractivity contribution in [3.8, 4) is 0 Å². The summed E-state index contributed by atoms with van der Waals surface area (Å²) in [6, 6.07) is 2.92. The minimum Gasteiger partial charge on any atom is -0.310 e. The van der Waals surface area contributed by atoms with Gasteiger partial charge >= 0.3 is 0 Å². The summed E-state index contributed by atoms with van der Waals surface area (Å²) >= 11 is 4.29. The normalized spacial score (nSPS) is 12.8. The van der Waals surface area contributed by atoms with E-state index in [-0.39, 0.29) is 0 Å². The van der Waals surface area contributed by atoms with E-state index in [1.807, 2.05) is 11.3 Å². The van der Waals surface area contributed by atoms with Gasteiger partial charge in [-0.3, -0.25) is 0 Å². The monoisotopic (exact) mass is 393 g/mol. The second-order valence-corrected chi connectivity index (χ2v) is 8.05. The summed E-state index contributed by atoms with van der Waals surface area (Å²) < 4.78 is 1.40. The molecule has 0 aliphatic heterocycles. The average Bonchev–Trinajstić information content (AvgIpc) is 2.83. The molecule has 1 heterocycles. The first kappa shape index (κ1) is 17.4. The molecule has 0 amide bonds. The quantitative estimate of drug-likeness (QED) is 0.352. The molecule has 1 aromatic rings. The molecule has 110 valence electrons. The first-order valence-electron chi connectivity index (χ1n) is 7.75. The zero-order chi connectivity index (χ0) is 13.9. The van der Waals surface area contributed by atoms with Crippen molar-refractivity contribution >= 4 is 33.9 Å². The second-order valence-electron chi connectivity index (χ2n) is 5.25. The maximum atomic E-state index is 3.70. The van der Waals surface area contributed by atoms with Gasteiger partial charge in [0, 0.05) is 6.04 Å². The summed E-state index contributed by atoms with van der Waals surface area (Å²) in [5.74, 6) is 0. The highest BCUT2D eigenvalue weighted by molar-refractivity contribution is 14.1. The third-order valence-corrected chi connectivity index (χ3v) is 5.28. The van der Waals surface area contributed by atoms with Crippen LogP contribution in [0.5, 0.6) is 0 Å². The highest BCUT2D eigenvalue weighted by atomic mass is 127. The Labute approximate surface area is 136 Å². The van der Waals surface area contributed by atoms with Gasteiger partial charge in [0.1, 0.15) is 0 Å². The van der Waals surface area contributed by atoms with Gasteiger partial charge in [-0.2, -0.15) is 0 Å². The van der Waals surface area contributed by atoms with Crippen molar-refractivity contribution in [2.45, 2.75) is 71.3 Å². The summed E-state index contributed by atoms with van der Waals surface area (Å²) in [7, 11) is 0. The molecule has 1 atom stereocenters. The molecule has 0 spiro atoms. The fraction of sp³-hybridized carbons (Fsp3) is 0.750. The molecular weight excluding hydrogens is 365 g/mol. The molecule has 0 fully saturated rings. The third kappa shape index (κ3) is 7.66. The van der Waals surface area contributed by atoms with Gasteiger partial charge in [0.2, 0.25) is 0 Å². The Balaban J connectivity index is 2.29. The largest absolute Gasteiger partial charge is 0.310 e. The van der Waals surface area contributed by atoms with Gasteiger partial charge < -0.3 is 5.32 Å². The Bertz CT molecular complexity index is 324. The van der Waals surface area contributed by atoms with Gasteiger partial charge in [0.15, 0.2) is 0 Å². The molecule has 0 aromatic carbocycles. The first-order chi connectivity index (χ1) is 9.27. The van der Waals surface area contributed by atoms with E-state index in [1.165, 1.54) is 59.8 Å². The lowest BCUT2D eigenvalue weighted by molar-refractivity contribution is 0.467. The predicted molar refractivity (Wildman–Crippen MR) is 96.1 cm³/mol. The molecule has 3 heteroatoms. The number of nitrogens with one attached hydrogen (secondary N) is 1. The Morgan fingerprint density at radius 1 is 1.11 bits per heavy atom. The zero-order valence-electron chi connectivity index (χ0n) is 12.4. The van der Waals surface area contributed by atoms with Crippen LogP contribution in [0.15, 0.2) is 11.4 Å². The lowest BCUT2D eigenvalue weighted by Gasteiger charge is -2.17. The van der Waals surface area contributed by atoms with Crippen molar-refractivity contribution in [3.05, 3.63) is 19.9 Å². The number of unbranched alkanes of at least 4 members (excludes halogenated alkanes) is 5. The van der Waals surface area contributed by atoms with Crippen molar-refractivity contribution in [2.24, 2.45) is 0 Å². The summed E-state index contributed by atoms with van der Waals surface area (Å²) in [6.07, 6.45) is 10.8. The molecule has 0 aliphatic carbocycles. The van der Waals surface area contributed by atoms with Crippen LogP contribution in [0.4, 0.5) is 0 Å². The van der Waals surface area contributed by atoms with Crippen molar-refractivity contribution in [1.82, 2.24) is 5.32 Å². The van der Waals surface area contributed by atoms with Gasteiger partial charge in [0.05, 0.1) is 2.88 Å². The molecule has 0 saturated heterocycles. The third-order valence-electron chi connectivity index (χ3n) is 3.48. The first-order valence-corrected chi connectivity index (χ1v) is 9.71. The van der Waals surface area contributed by atoms with Crippen molar-refractivity contribution in [3.63, 3.8) is 0 Å². The maximum Gasteiger partial charge on any atom is 0.0656 e. The molecule has 1 unspecified atom stereocenters. The zero-order valence-corrected chi connectivity index (χ0v) is 15.4. The van der Waals surface area contributed by atoms with Gasteiger partial charge in [0.25, 0.3) is 0 Å². The minimum absolute atomic E-state index is 0.575. The lowest BCUT2D eigenvalue weighted by Crippen LogP contribution is -2.21. The van der Waals surface area contributed by atoms with E-state index in [0.29, 0.717) is 6.04 Å². The van der Waals surface area contributed by atoms with Crippen molar-refractivity contribution in [2.75, 3.05) is 6.54 Å². The fourth-order valence-corrected chi connectivity index (χ4v) is 3.77. The standard InChI is InChI=1S/C16H28INS/c1-3-5-6-7-8-9-10-15(18-11-4-2)14-12-16(17)19-13-14/h12-13,15,18H,3-11H2,1-2H3. The fourth-order valence-electron chi connectivity index (χ4n) is 2.34. The molecule has 1 nitrogen and oxygen atoms in total. The molecule has 19 heavy (non-hydrogen) atoms. The number of halogens is 1. The molecule has 0 saturated carbocycles. The number of hydrogen-bond donors (Lipinski definition) is 1. The van der Waals surface area contributed by atoms with Gasteiger partial charge in [-0.25, -0.2) is 0 Å². The molecule has 0 aliphatic rings. The summed E-state index contributed by atoms with van der Waals surface area (Å²) in [4.78, 5) is 0. The van der Waals surface area contributed by atoms with E-state index < -0.39 is 0 Å². The van der Waals surface area contributed by atoms with Crippen LogP contribution in [0.3, 0.4) is 0 Å². The highest BCUT2D eigenvalue weighted by Gasteiger charge is 2.11. The van der Waals surface area contributed by atoms with Crippen molar-refractivity contribution in [1.29, 1.82) is 0 Å². The molecule has 1 N–H and O–H groups in total. The minimum atomic E-state index is 0.575. The number of hydrogen-bond acceptors (Lipinski definition) is 2. The molecule has 1 rings (SSSR count). The Morgan fingerprint density at radius 3 is 2.47 bits per heavy atom. The lowest BCUT2D eigenvalue weighted by atomic mass is 10.0. The molecular formula is C16H28INS. The molecule has 0 radical (unpaired) electrons. The average molecular weight is 393 g/mol. The summed E-state index contributed by atoms with van der Waals surface area (Å²) in [5.41, 5.74) is 1.50. The van der Waals surface area contributed by atoms with Crippen molar-refractivity contribution < 1.29 is 0 Å². The van der Waals surface area contributed by atoms with Crippen LogP contribution in [0, 0.1) is 2.88 Å². The summed E-state index contributed by atoms with van der Waals surface area (Å²) in [6.45, 7) is 5.65. The maximum absolute atomic E-state index is 3.70. The Hall–Kier alpha value is 0.390. The van der Waals surface area contributed by atoms with E-state index in [2.05, 4.69) is 53.2 Å². The van der Waals surface area contributed by atoms with Crippen LogP contribution in [0.2, 0.25) is 0 Å². The number of rotatable bonds is 11. The van der Waals surface area contributed by atoms with E-state index >= 15 is 0 Å². The van der Waals surface area contributed by atoms with Crippen LogP contribution in [0.1, 0.15) is 76.8 Å². The van der Waals surface area contributed by atoms with E-state index in [4.69, 9.17) is 0 Å². The van der Waals surface area contributed by atoms with Crippen LogP contribution in [0.25, 0.3) is 0 Å². The van der Waals surface area contributed by atoms with Gasteiger partial charge in [-0.05, 0) is 59.0 Å². The predicted octanol–water partition coefficient (Wildman–Crippen LogP) is 6.14. The van der Waals surface area contributed by atoms with E-state index in [1.54, 1.807) is 0 Å². The van der Waals surface area contributed by atoms with Crippen LogP contribution in [-0.2, 0) is 0 Å². The van der Waals surface area contributed by atoms with Gasteiger partial charge in [-0.1, -0.05) is 52.4 Å². The van der Waals surface area contributed by atoms with Crippen LogP contribution < -0.4 is 5.32 Å². The Kier molecular flexibility index (Phi) is 10.2. The Morgan fingerprint density at radius 2 is 1.84 bits per heavy atom. The number of thiophene rings is 1.